The van der Waals surface area contributed by atoms with Gasteiger partial charge in [0, 0.05) is 56.3 Å². The van der Waals surface area contributed by atoms with Crippen molar-refractivity contribution in [2.75, 3.05) is 44.7 Å². The second kappa shape index (κ2) is 11.0. The molecule has 0 saturated carbocycles. The standard InChI is InChI=1S/C33H33F3N6O2/c1-3-26(43)41-14-11-22(18-41)40(2)31-24-16-37-29(23-9-4-7-20-8-5-10-25(35)27(20)23)28(36)30(24)38-32(39-31)44-19-33-12-6-13-42(33)17-21(34)15-33/h3-5,7-10,16,21-22H,1,6,11-15,17-19H2,2H3/t21-,22-,33+/m1/s1. The number of hydrogen-bond donors (Lipinski definition) is 0. The van der Waals surface area contributed by atoms with Crippen LogP contribution in [0.25, 0.3) is 32.9 Å². The van der Waals surface area contributed by atoms with Crippen molar-refractivity contribution in [2.45, 2.75) is 43.4 Å². The molecule has 4 aromatic rings. The summed E-state index contributed by atoms with van der Waals surface area (Å²) in [6.45, 7) is 5.96. The van der Waals surface area contributed by atoms with Crippen LogP contribution in [0.3, 0.4) is 0 Å². The van der Waals surface area contributed by atoms with E-state index < -0.39 is 23.3 Å². The Kier molecular flexibility index (Phi) is 7.15. The van der Waals surface area contributed by atoms with Gasteiger partial charge in [0.2, 0.25) is 5.91 Å². The summed E-state index contributed by atoms with van der Waals surface area (Å²) in [6.07, 6.45) is 4.69. The molecule has 0 bridgehead atoms. The molecule has 3 fully saturated rings. The predicted octanol–water partition coefficient (Wildman–Crippen LogP) is 5.30. The van der Waals surface area contributed by atoms with Crippen molar-refractivity contribution < 1.29 is 22.7 Å². The summed E-state index contributed by atoms with van der Waals surface area (Å²) in [4.78, 5) is 31.7. The van der Waals surface area contributed by atoms with Gasteiger partial charge in [-0.05, 0) is 43.3 Å². The summed E-state index contributed by atoms with van der Waals surface area (Å²) in [5.74, 6) is -0.948. The molecule has 3 atom stereocenters. The number of carbonyl (C=O) groups is 1. The van der Waals surface area contributed by atoms with E-state index in [0.29, 0.717) is 54.6 Å². The van der Waals surface area contributed by atoms with Crippen LogP contribution in [0.2, 0.25) is 0 Å². The molecule has 0 spiro atoms. The molecular weight excluding hydrogens is 569 g/mol. The second-order valence-corrected chi connectivity index (χ2v) is 12.1. The minimum atomic E-state index is -0.922. The molecule has 0 unspecified atom stereocenters. The van der Waals surface area contributed by atoms with Crippen molar-refractivity contribution >= 4 is 33.4 Å². The highest BCUT2D eigenvalue weighted by molar-refractivity contribution is 5.99. The van der Waals surface area contributed by atoms with Crippen molar-refractivity contribution in [3.8, 4) is 17.3 Å². The van der Waals surface area contributed by atoms with Gasteiger partial charge in [0.25, 0.3) is 0 Å². The van der Waals surface area contributed by atoms with Gasteiger partial charge in [0.15, 0.2) is 5.82 Å². The van der Waals surface area contributed by atoms with E-state index in [2.05, 4.69) is 21.4 Å². The third kappa shape index (κ3) is 4.74. The van der Waals surface area contributed by atoms with Gasteiger partial charge in [-0.3, -0.25) is 14.7 Å². The minimum absolute atomic E-state index is 0.0113. The van der Waals surface area contributed by atoms with Crippen LogP contribution in [-0.4, -0.2) is 88.2 Å². The molecule has 1 amide bonds. The lowest BCUT2D eigenvalue weighted by molar-refractivity contribution is -0.125. The maximum absolute atomic E-state index is 16.6. The second-order valence-electron chi connectivity index (χ2n) is 12.1. The molecule has 8 nitrogen and oxygen atoms in total. The van der Waals surface area contributed by atoms with E-state index in [-0.39, 0.29) is 41.2 Å². The molecule has 0 aliphatic carbocycles. The molecule has 3 aliphatic heterocycles. The van der Waals surface area contributed by atoms with Crippen molar-refractivity contribution in [3.05, 3.63) is 66.9 Å². The highest BCUT2D eigenvalue weighted by atomic mass is 19.1. The smallest absolute Gasteiger partial charge is 0.319 e. The summed E-state index contributed by atoms with van der Waals surface area (Å²) >= 11 is 0. The third-order valence-corrected chi connectivity index (χ3v) is 9.51. The summed E-state index contributed by atoms with van der Waals surface area (Å²) < 4.78 is 52.2. The highest BCUT2D eigenvalue weighted by Gasteiger charge is 2.49. The lowest BCUT2D eigenvalue weighted by atomic mass is 9.95. The summed E-state index contributed by atoms with van der Waals surface area (Å²) in [7, 11) is 1.84. The van der Waals surface area contributed by atoms with Crippen molar-refractivity contribution in [1.82, 2.24) is 24.8 Å². The number of benzene rings is 2. The molecule has 0 N–H and O–H groups in total. The van der Waals surface area contributed by atoms with Crippen LogP contribution in [-0.2, 0) is 4.79 Å². The SMILES string of the molecule is C=CC(=O)N1CC[C@@H](N(C)c2nc(OC[C@@]34CCCN3C[C@H](F)C4)nc3c(F)c(-c4cccc5cccc(F)c45)ncc23)C1. The van der Waals surface area contributed by atoms with E-state index >= 15 is 8.78 Å². The molecule has 7 rings (SSSR count). The fourth-order valence-electron chi connectivity index (χ4n) is 7.24. The van der Waals surface area contributed by atoms with Crippen LogP contribution in [0, 0.1) is 11.6 Å². The molecule has 44 heavy (non-hydrogen) atoms. The number of pyridine rings is 1. The fourth-order valence-corrected chi connectivity index (χ4v) is 7.24. The third-order valence-electron chi connectivity index (χ3n) is 9.51. The lowest BCUT2D eigenvalue weighted by Gasteiger charge is -2.31. The number of fused-ring (bicyclic) bond motifs is 3. The Labute approximate surface area is 253 Å². The van der Waals surface area contributed by atoms with Crippen LogP contribution >= 0.6 is 0 Å². The number of ether oxygens (including phenoxy) is 1. The Morgan fingerprint density at radius 3 is 2.82 bits per heavy atom. The van der Waals surface area contributed by atoms with E-state index in [1.165, 1.54) is 18.3 Å². The Hall–Kier alpha value is -4.25. The largest absolute Gasteiger partial charge is 0.461 e. The highest BCUT2D eigenvalue weighted by Crippen LogP contribution is 2.41. The van der Waals surface area contributed by atoms with E-state index in [4.69, 9.17) is 9.72 Å². The Bertz CT molecular complexity index is 1780. The Balaban J connectivity index is 1.32. The zero-order valence-corrected chi connectivity index (χ0v) is 24.5. The van der Waals surface area contributed by atoms with Crippen molar-refractivity contribution in [1.29, 1.82) is 0 Å². The molecule has 0 radical (unpaired) electrons. The van der Waals surface area contributed by atoms with Gasteiger partial charge < -0.3 is 14.5 Å². The van der Waals surface area contributed by atoms with Gasteiger partial charge >= 0.3 is 6.01 Å². The quantitative estimate of drug-likeness (QED) is 0.266. The van der Waals surface area contributed by atoms with Crippen LogP contribution < -0.4 is 9.64 Å². The zero-order chi connectivity index (χ0) is 30.6. The van der Waals surface area contributed by atoms with Gasteiger partial charge in [0.05, 0.1) is 10.9 Å². The Morgan fingerprint density at radius 1 is 1.18 bits per heavy atom. The van der Waals surface area contributed by atoms with Gasteiger partial charge in [0.1, 0.15) is 35.6 Å². The monoisotopic (exact) mass is 602 g/mol. The summed E-state index contributed by atoms with van der Waals surface area (Å²) in [5, 5.41) is 1.25. The van der Waals surface area contributed by atoms with E-state index in [1.807, 2.05) is 11.9 Å². The van der Waals surface area contributed by atoms with Crippen LogP contribution in [0.5, 0.6) is 6.01 Å². The summed E-state index contributed by atoms with van der Waals surface area (Å²) in [6, 6.07) is 9.72. The number of anilines is 1. The van der Waals surface area contributed by atoms with E-state index in [9.17, 15) is 9.18 Å². The Morgan fingerprint density at radius 2 is 2.00 bits per heavy atom. The molecule has 3 aliphatic rings. The first kappa shape index (κ1) is 28.5. The molecule has 2 aromatic carbocycles. The number of hydrogen-bond acceptors (Lipinski definition) is 7. The van der Waals surface area contributed by atoms with Crippen LogP contribution in [0.1, 0.15) is 25.7 Å². The average Bonchev–Trinajstić information content (AvgIpc) is 3.74. The molecule has 3 saturated heterocycles. The number of likely N-dealkylation sites (tertiary alicyclic amines) is 1. The first-order chi connectivity index (χ1) is 21.3. The molecule has 228 valence electrons. The predicted molar refractivity (Wildman–Crippen MR) is 162 cm³/mol. The number of rotatable bonds is 7. The van der Waals surface area contributed by atoms with Gasteiger partial charge in [-0.15, -0.1) is 0 Å². The molecule has 5 heterocycles. The minimum Gasteiger partial charge on any atom is -0.461 e. The number of amides is 1. The first-order valence-corrected chi connectivity index (χ1v) is 15.0. The molecule has 2 aromatic heterocycles. The number of halogens is 3. The van der Waals surface area contributed by atoms with Gasteiger partial charge in [-0.2, -0.15) is 9.97 Å². The maximum Gasteiger partial charge on any atom is 0.319 e. The number of aromatic nitrogens is 3. The van der Waals surface area contributed by atoms with Crippen LogP contribution in [0.4, 0.5) is 19.0 Å². The molecular formula is C33H33F3N6O2. The van der Waals surface area contributed by atoms with E-state index in [1.54, 1.807) is 35.2 Å². The zero-order valence-electron chi connectivity index (χ0n) is 24.5. The number of likely N-dealkylation sites (N-methyl/N-ethyl adjacent to an activating group) is 1. The van der Waals surface area contributed by atoms with E-state index in [0.717, 1.165) is 19.4 Å². The normalized spacial score (nSPS) is 23.4. The maximum atomic E-state index is 16.6. The van der Waals surface area contributed by atoms with Gasteiger partial charge in [-0.1, -0.05) is 36.9 Å². The van der Waals surface area contributed by atoms with Crippen molar-refractivity contribution in [3.63, 3.8) is 0 Å². The topological polar surface area (TPSA) is 74.7 Å². The number of alkyl halides is 1. The summed E-state index contributed by atoms with van der Waals surface area (Å²) in [5.41, 5.74) is -0.177. The van der Waals surface area contributed by atoms with Crippen molar-refractivity contribution in [2.24, 2.45) is 0 Å². The fraction of sp³-hybridized carbons (Fsp3) is 0.394. The number of nitrogens with zero attached hydrogens (tertiary/aromatic N) is 6. The number of carbonyl (C=O) groups excluding carboxylic acids is 1. The van der Waals surface area contributed by atoms with Crippen LogP contribution in [0.15, 0.2) is 55.3 Å². The average molecular weight is 603 g/mol. The first-order valence-electron chi connectivity index (χ1n) is 15.0. The lowest BCUT2D eigenvalue weighted by Crippen LogP contribution is -2.43. The molecule has 11 heteroatoms. The van der Waals surface area contributed by atoms with Gasteiger partial charge in [-0.25, -0.2) is 13.2 Å².